The summed E-state index contributed by atoms with van der Waals surface area (Å²) in [4.78, 5) is 4.50. The number of aromatic nitrogens is 2. The van der Waals surface area contributed by atoms with Crippen LogP contribution in [0.2, 0.25) is 0 Å². The molecular formula is C12H21N3. The largest absolute Gasteiger partial charge is 0.335 e. The van der Waals surface area contributed by atoms with Crippen molar-refractivity contribution < 1.29 is 0 Å². The molecule has 1 aromatic rings. The summed E-state index contributed by atoms with van der Waals surface area (Å²) in [6.07, 6.45) is 10.00. The highest BCUT2D eigenvalue weighted by Crippen LogP contribution is 2.31. The molecule has 84 valence electrons. The molecule has 3 nitrogen and oxygen atoms in total. The Hall–Kier alpha value is -0.830. The molecule has 0 saturated heterocycles. The lowest BCUT2D eigenvalue weighted by atomic mass is 9.85. The first-order valence-corrected chi connectivity index (χ1v) is 6.08. The van der Waals surface area contributed by atoms with Crippen molar-refractivity contribution in [2.75, 3.05) is 0 Å². The molecule has 3 heteroatoms. The number of aryl methyl sites for hydroxylation is 1. The van der Waals surface area contributed by atoms with Crippen LogP contribution in [0.15, 0.2) is 12.4 Å². The smallest absolute Gasteiger partial charge is 0.111 e. The maximum Gasteiger partial charge on any atom is 0.111 e. The number of rotatable bonds is 3. The standard InChI is InChI=1S/C12H21N3/c1-2-7-15-8-6-14-12(15)10-4-3-5-11(13)9-10/h6,8,10-11H,2-5,7,9,13H2,1H3. The van der Waals surface area contributed by atoms with Crippen molar-refractivity contribution >= 4 is 0 Å². The Balaban J connectivity index is 2.10. The predicted molar refractivity (Wildman–Crippen MR) is 61.7 cm³/mol. The third kappa shape index (κ3) is 2.40. The molecule has 0 aliphatic heterocycles. The summed E-state index contributed by atoms with van der Waals surface area (Å²) in [6.45, 7) is 3.29. The zero-order chi connectivity index (χ0) is 10.7. The lowest BCUT2D eigenvalue weighted by molar-refractivity contribution is 0.372. The fraction of sp³-hybridized carbons (Fsp3) is 0.750. The highest BCUT2D eigenvalue weighted by molar-refractivity contribution is 5.03. The van der Waals surface area contributed by atoms with Crippen LogP contribution in [0.3, 0.4) is 0 Å². The van der Waals surface area contributed by atoms with E-state index in [0.717, 1.165) is 13.0 Å². The molecule has 1 fully saturated rings. The van der Waals surface area contributed by atoms with E-state index in [0.29, 0.717) is 12.0 Å². The number of hydrogen-bond acceptors (Lipinski definition) is 2. The van der Waals surface area contributed by atoms with E-state index >= 15 is 0 Å². The minimum atomic E-state index is 0.385. The number of nitrogens with zero attached hydrogens (tertiary/aromatic N) is 2. The highest BCUT2D eigenvalue weighted by Gasteiger charge is 2.23. The first-order chi connectivity index (χ1) is 7.31. The molecule has 1 aliphatic rings. The van der Waals surface area contributed by atoms with E-state index in [1.165, 1.54) is 31.5 Å². The van der Waals surface area contributed by atoms with Gasteiger partial charge in [0.15, 0.2) is 0 Å². The summed E-state index contributed by atoms with van der Waals surface area (Å²) < 4.78 is 2.29. The van der Waals surface area contributed by atoms with Crippen LogP contribution in [0.1, 0.15) is 50.8 Å². The lowest BCUT2D eigenvalue weighted by Gasteiger charge is -2.26. The second kappa shape index (κ2) is 4.79. The molecule has 0 aromatic carbocycles. The average molecular weight is 207 g/mol. The molecule has 1 heterocycles. The first-order valence-electron chi connectivity index (χ1n) is 6.08. The zero-order valence-electron chi connectivity index (χ0n) is 9.52. The van der Waals surface area contributed by atoms with Gasteiger partial charge in [-0.05, 0) is 25.7 Å². The van der Waals surface area contributed by atoms with Crippen molar-refractivity contribution in [3.63, 3.8) is 0 Å². The van der Waals surface area contributed by atoms with Gasteiger partial charge in [-0.1, -0.05) is 13.3 Å². The van der Waals surface area contributed by atoms with Crippen molar-refractivity contribution in [3.8, 4) is 0 Å². The summed E-state index contributed by atoms with van der Waals surface area (Å²) in [7, 11) is 0. The van der Waals surface area contributed by atoms with E-state index in [1.54, 1.807) is 0 Å². The summed E-state index contributed by atoms with van der Waals surface area (Å²) >= 11 is 0. The van der Waals surface area contributed by atoms with Gasteiger partial charge in [0.1, 0.15) is 5.82 Å². The first kappa shape index (κ1) is 10.7. The van der Waals surface area contributed by atoms with Gasteiger partial charge in [0, 0.05) is 30.9 Å². The molecular weight excluding hydrogens is 186 g/mol. The monoisotopic (exact) mass is 207 g/mol. The van der Waals surface area contributed by atoms with Gasteiger partial charge in [0.05, 0.1) is 0 Å². The van der Waals surface area contributed by atoms with E-state index < -0.39 is 0 Å². The summed E-state index contributed by atoms with van der Waals surface area (Å²) in [5.41, 5.74) is 6.02. The van der Waals surface area contributed by atoms with Crippen molar-refractivity contribution in [2.24, 2.45) is 5.73 Å². The molecule has 1 aromatic heterocycles. The Kier molecular flexibility index (Phi) is 3.41. The van der Waals surface area contributed by atoms with E-state index in [9.17, 15) is 0 Å². The Bertz CT molecular complexity index is 306. The van der Waals surface area contributed by atoms with Crippen molar-refractivity contribution in [1.82, 2.24) is 9.55 Å². The number of imidazole rings is 1. The maximum atomic E-state index is 6.02. The Labute approximate surface area is 91.7 Å². The van der Waals surface area contributed by atoms with Gasteiger partial charge in [0.2, 0.25) is 0 Å². The van der Waals surface area contributed by atoms with Crippen LogP contribution in [0.5, 0.6) is 0 Å². The second-order valence-corrected chi connectivity index (χ2v) is 4.60. The van der Waals surface area contributed by atoms with Gasteiger partial charge in [-0.25, -0.2) is 4.98 Å². The van der Waals surface area contributed by atoms with E-state index in [1.807, 2.05) is 6.20 Å². The molecule has 0 spiro atoms. The molecule has 2 N–H and O–H groups in total. The molecule has 0 amide bonds. The maximum absolute atomic E-state index is 6.02. The third-order valence-corrected chi connectivity index (χ3v) is 3.29. The number of nitrogens with two attached hydrogens (primary N) is 1. The summed E-state index contributed by atoms with van der Waals surface area (Å²) in [6, 6.07) is 0.385. The van der Waals surface area contributed by atoms with Crippen LogP contribution < -0.4 is 5.73 Å². The molecule has 0 bridgehead atoms. The molecule has 2 rings (SSSR count). The third-order valence-electron chi connectivity index (χ3n) is 3.29. The highest BCUT2D eigenvalue weighted by atomic mass is 15.1. The fourth-order valence-electron chi connectivity index (χ4n) is 2.57. The molecule has 1 aliphatic carbocycles. The van der Waals surface area contributed by atoms with Crippen LogP contribution in [-0.4, -0.2) is 15.6 Å². The van der Waals surface area contributed by atoms with Crippen LogP contribution >= 0.6 is 0 Å². The van der Waals surface area contributed by atoms with Crippen LogP contribution in [0.25, 0.3) is 0 Å². The minimum absolute atomic E-state index is 0.385. The van der Waals surface area contributed by atoms with Gasteiger partial charge in [0.25, 0.3) is 0 Å². The minimum Gasteiger partial charge on any atom is -0.335 e. The van der Waals surface area contributed by atoms with E-state index in [4.69, 9.17) is 5.73 Å². The molecule has 15 heavy (non-hydrogen) atoms. The van der Waals surface area contributed by atoms with Gasteiger partial charge in [-0.3, -0.25) is 0 Å². The normalized spacial score (nSPS) is 26.8. The van der Waals surface area contributed by atoms with Gasteiger partial charge >= 0.3 is 0 Å². The van der Waals surface area contributed by atoms with E-state index in [2.05, 4.69) is 22.7 Å². The van der Waals surface area contributed by atoms with Crippen molar-refractivity contribution in [2.45, 2.75) is 57.5 Å². The van der Waals surface area contributed by atoms with Crippen molar-refractivity contribution in [1.29, 1.82) is 0 Å². The van der Waals surface area contributed by atoms with Crippen LogP contribution in [-0.2, 0) is 6.54 Å². The van der Waals surface area contributed by atoms with Crippen molar-refractivity contribution in [3.05, 3.63) is 18.2 Å². The predicted octanol–water partition coefficient (Wildman–Crippen LogP) is 2.28. The molecule has 0 radical (unpaired) electrons. The quantitative estimate of drug-likeness (QED) is 0.826. The topological polar surface area (TPSA) is 43.8 Å². The van der Waals surface area contributed by atoms with E-state index in [-0.39, 0.29) is 0 Å². The van der Waals surface area contributed by atoms with Gasteiger partial charge in [-0.2, -0.15) is 0 Å². The zero-order valence-corrected chi connectivity index (χ0v) is 9.52. The Morgan fingerprint density at radius 2 is 2.40 bits per heavy atom. The Morgan fingerprint density at radius 1 is 1.53 bits per heavy atom. The fourth-order valence-corrected chi connectivity index (χ4v) is 2.57. The number of hydrogen-bond donors (Lipinski definition) is 1. The summed E-state index contributed by atoms with van der Waals surface area (Å²) in [5, 5.41) is 0. The lowest BCUT2D eigenvalue weighted by Crippen LogP contribution is -2.28. The molecule has 2 atom stereocenters. The molecule has 1 saturated carbocycles. The van der Waals surface area contributed by atoms with Crippen LogP contribution in [0.4, 0.5) is 0 Å². The Morgan fingerprint density at radius 3 is 3.13 bits per heavy atom. The summed E-state index contributed by atoms with van der Waals surface area (Å²) in [5.74, 6) is 1.85. The average Bonchev–Trinajstić information content (AvgIpc) is 2.66. The SMILES string of the molecule is CCCn1ccnc1C1CCCC(N)C1. The van der Waals surface area contributed by atoms with Gasteiger partial charge < -0.3 is 10.3 Å². The van der Waals surface area contributed by atoms with Crippen LogP contribution in [0, 0.1) is 0 Å². The second-order valence-electron chi connectivity index (χ2n) is 4.60. The molecule has 2 unspecified atom stereocenters. The van der Waals surface area contributed by atoms with Gasteiger partial charge in [-0.15, -0.1) is 0 Å².